The molecule has 1 fully saturated rings. The van der Waals surface area contributed by atoms with Gasteiger partial charge in [0.1, 0.15) is 0 Å². The maximum atomic E-state index is 13.0. The second kappa shape index (κ2) is 4.54. The van der Waals surface area contributed by atoms with Crippen LogP contribution >= 0.6 is 0 Å². The molecule has 0 aliphatic carbocycles. The van der Waals surface area contributed by atoms with E-state index < -0.39 is 24.4 Å². The molecule has 18 heavy (non-hydrogen) atoms. The Bertz CT molecular complexity index is 414. The van der Waals surface area contributed by atoms with Crippen molar-refractivity contribution in [3.05, 3.63) is 11.6 Å². The molecule has 7 nitrogen and oxygen atoms in total. The number of nitrogens with zero attached hydrogens (tertiary/aromatic N) is 2. The minimum atomic E-state index is -2.56. The first kappa shape index (κ1) is 12.8. The number of urea groups is 1. The number of carboxylic acid groups (broad SMARTS) is 1. The minimum Gasteiger partial charge on any atom is -0.477 e. The summed E-state index contributed by atoms with van der Waals surface area (Å²) >= 11 is 0. The largest absolute Gasteiger partial charge is 0.477 e. The van der Waals surface area contributed by atoms with Gasteiger partial charge in [0, 0.05) is 13.1 Å². The molecule has 1 saturated heterocycles. The van der Waals surface area contributed by atoms with Crippen LogP contribution in [0.3, 0.4) is 0 Å². The van der Waals surface area contributed by atoms with E-state index in [0.29, 0.717) is 6.54 Å². The van der Waals surface area contributed by atoms with Gasteiger partial charge in [0.15, 0.2) is 0 Å². The number of hydrogen-bond donors (Lipinski definition) is 2. The highest BCUT2D eigenvalue weighted by molar-refractivity contribution is 5.79. The Labute approximate surface area is 103 Å². The number of fused-ring (bicyclic) bond motifs is 2. The maximum Gasteiger partial charge on any atom is 0.368 e. The van der Waals surface area contributed by atoms with Crippen molar-refractivity contribution in [3.8, 4) is 0 Å². The van der Waals surface area contributed by atoms with Gasteiger partial charge >= 0.3 is 18.4 Å². The van der Waals surface area contributed by atoms with Crippen LogP contribution in [0.5, 0.6) is 0 Å². The Kier molecular flexibility index (Phi) is 3.22. The molecule has 3 atom stereocenters. The number of aliphatic carboxylic acids is 1. The van der Waals surface area contributed by atoms with E-state index in [1.54, 1.807) is 6.08 Å². The van der Waals surface area contributed by atoms with E-state index in [2.05, 4.69) is 4.84 Å². The molecule has 0 radical (unpaired) electrons. The molecule has 2 amide bonds. The number of nitrogens with two attached hydrogens (primary N) is 1. The molecule has 3 N–H and O–H groups in total. The summed E-state index contributed by atoms with van der Waals surface area (Å²) in [5.74, 6) is -1.77. The van der Waals surface area contributed by atoms with Crippen LogP contribution < -0.4 is 5.73 Å². The molecule has 2 bridgehead atoms. The van der Waals surface area contributed by atoms with Crippen LogP contribution in [-0.4, -0.2) is 58.6 Å². The summed E-state index contributed by atoms with van der Waals surface area (Å²) in [6.45, 7) is 2.40. The first-order valence-electron chi connectivity index (χ1n) is 5.47. The van der Waals surface area contributed by atoms with Gasteiger partial charge in [-0.25, -0.2) is 18.8 Å². The van der Waals surface area contributed by atoms with E-state index in [0.717, 1.165) is 10.6 Å². The molecule has 0 aromatic heterocycles. The average Bonchev–Trinajstić information content (AvgIpc) is 2.55. The van der Waals surface area contributed by atoms with Gasteiger partial charge in [-0.05, 0) is 6.92 Å². The van der Waals surface area contributed by atoms with Gasteiger partial charge in [-0.3, -0.25) is 0 Å². The molecule has 2 rings (SSSR count). The monoisotopic (exact) mass is 259 g/mol. The van der Waals surface area contributed by atoms with Crippen molar-refractivity contribution in [2.45, 2.75) is 25.4 Å². The number of amides is 2. The summed E-state index contributed by atoms with van der Waals surface area (Å²) in [7, 11) is 0. The number of halogens is 1. The van der Waals surface area contributed by atoms with Crippen molar-refractivity contribution < 1.29 is 23.9 Å². The van der Waals surface area contributed by atoms with Crippen molar-refractivity contribution in [1.82, 2.24) is 9.96 Å². The van der Waals surface area contributed by atoms with Crippen LogP contribution in [0.2, 0.25) is 0 Å². The molecular formula is C10H14FN3O4. The summed E-state index contributed by atoms with van der Waals surface area (Å²) in [6, 6.07) is -1.28. The predicted molar refractivity (Wildman–Crippen MR) is 57.9 cm³/mol. The zero-order chi connectivity index (χ0) is 13.4. The number of carbonyl (C=O) groups is 2. The number of alkyl halides is 1. The van der Waals surface area contributed by atoms with Crippen LogP contribution in [0.4, 0.5) is 9.18 Å². The van der Waals surface area contributed by atoms with Gasteiger partial charge in [-0.1, -0.05) is 11.6 Å². The second-order valence-electron chi connectivity index (χ2n) is 4.25. The Hall–Kier alpha value is -1.67. The molecule has 2 aliphatic rings. The Morgan fingerprint density at radius 1 is 1.78 bits per heavy atom. The topological polar surface area (TPSA) is 96.1 Å². The smallest absolute Gasteiger partial charge is 0.368 e. The first-order chi connectivity index (χ1) is 8.45. The van der Waals surface area contributed by atoms with Crippen molar-refractivity contribution in [3.63, 3.8) is 0 Å². The molecule has 0 aromatic carbocycles. The summed E-state index contributed by atoms with van der Waals surface area (Å²) in [4.78, 5) is 28.3. The lowest BCUT2D eigenvalue weighted by atomic mass is 10.0. The zero-order valence-corrected chi connectivity index (χ0v) is 9.75. The molecule has 0 aromatic rings. The molecular weight excluding hydrogens is 245 g/mol. The molecule has 0 saturated carbocycles. The fourth-order valence-corrected chi connectivity index (χ4v) is 2.24. The number of hydrogen-bond acceptors (Lipinski definition) is 4. The van der Waals surface area contributed by atoms with Crippen LogP contribution in [0.1, 0.15) is 6.92 Å². The predicted octanol–water partition coefficient (Wildman–Crippen LogP) is -0.308. The lowest BCUT2D eigenvalue weighted by molar-refractivity contribution is -0.219. The highest BCUT2D eigenvalue weighted by Gasteiger charge is 2.45. The third-order valence-electron chi connectivity index (χ3n) is 3.10. The summed E-state index contributed by atoms with van der Waals surface area (Å²) < 4.78 is 13.0. The lowest BCUT2D eigenvalue weighted by Crippen LogP contribution is -2.44. The number of hydroxylamine groups is 2. The number of rotatable bonds is 4. The first-order valence-corrected chi connectivity index (χ1v) is 5.47. The Morgan fingerprint density at radius 3 is 3.00 bits per heavy atom. The Balaban J connectivity index is 2.17. The van der Waals surface area contributed by atoms with Gasteiger partial charge < -0.3 is 15.7 Å². The molecule has 2 aliphatic heterocycles. The van der Waals surface area contributed by atoms with E-state index in [-0.39, 0.29) is 12.6 Å². The molecule has 2 heterocycles. The highest BCUT2D eigenvalue weighted by Crippen LogP contribution is 2.29. The molecule has 100 valence electrons. The van der Waals surface area contributed by atoms with E-state index in [4.69, 9.17) is 10.8 Å². The summed E-state index contributed by atoms with van der Waals surface area (Å²) in [6.07, 6.45) is -0.812. The fraction of sp³-hybridized carbons (Fsp3) is 0.600. The molecule has 1 unspecified atom stereocenters. The normalized spacial score (nSPS) is 28.4. The van der Waals surface area contributed by atoms with Crippen LogP contribution in [0.25, 0.3) is 0 Å². The van der Waals surface area contributed by atoms with Gasteiger partial charge in [0.05, 0.1) is 12.1 Å². The van der Waals surface area contributed by atoms with Crippen molar-refractivity contribution in [2.24, 2.45) is 5.73 Å². The molecule has 0 spiro atoms. The van der Waals surface area contributed by atoms with Gasteiger partial charge in [0.25, 0.3) is 0 Å². The minimum absolute atomic E-state index is 0.245. The standard InChI is InChI=1S/C10H14FN3O4/c1-5-2-6-4-13(7(5)3-12)10(17)14(6)18-8(11)9(15)16/h2,6-8H,3-4,12H2,1H3,(H,15,16)/t6-,7-,8?/m1/s1. The van der Waals surface area contributed by atoms with Crippen molar-refractivity contribution in [2.75, 3.05) is 13.1 Å². The van der Waals surface area contributed by atoms with Gasteiger partial charge in [-0.15, -0.1) is 0 Å². The Morgan fingerprint density at radius 2 is 2.44 bits per heavy atom. The van der Waals surface area contributed by atoms with Crippen LogP contribution in [-0.2, 0) is 9.63 Å². The fourth-order valence-electron chi connectivity index (χ4n) is 2.24. The number of carboxylic acids is 1. The zero-order valence-electron chi connectivity index (χ0n) is 9.75. The summed E-state index contributed by atoms with van der Waals surface area (Å²) in [5.41, 5.74) is 6.46. The lowest BCUT2D eigenvalue weighted by Gasteiger charge is -2.28. The van der Waals surface area contributed by atoms with Crippen LogP contribution in [0.15, 0.2) is 11.6 Å². The van der Waals surface area contributed by atoms with Crippen LogP contribution in [0, 0.1) is 0 Å². The van der Waals surface area contributed by atoms with E-state index in [1.807, 2.05) is 6.92 Å². The SMILES string of the molecule is CC1=C[C@@H]2CN(C(=O)N2OC(F)C(=O)O)[C@@H]1CN. The third-order valence-corrected chi connectivity index (χ3v) is 3.10. The van der Waals surface area contributed by atoms with Crippen molar-refractivity contribution in [1.29, 1.82) is 0 Å². The molecule has 8 heteroatoms. The van der Waals surface area contributed by atoms with Crippen molar-refractivity contribution >= 4 is 12.0 Å². The van der Waals surface area contributed by atoms with Gasteiger partial charge in [0.2, 0.25) is 0 Å². The maximum absolute atomic E-state index is 13.0. The third kappa shape index (κ3) is 1.93. The highest BCUT2D eigenvalue weighted by atomic mass is 19.1. The second-order valence-corrected chi connectivity index (χ2v) is 4.25. The van der Waals surface area contributed by atoms with E-state index >= 15 is 0 Å². The summed E-state index contributed by atoms with van der Waals surface area (Å²) in [5, 5.41) is 9.19. The van der Waals surface area contributed by atoms with E-state index in [9.17, 15) is 14.0 Å². The van der Waals surface area contributed by atoms with Gasteiger partial charge in [-0.2, -0.15) is 5.06 Å². The number of carbonyl (C=O) groups excluding carboxylic acids is 1. The average molecular weight is 259 g/mol. The van der Waals surface area contributed by atoms with E-state index in [1.165, 1.54) is 4.90 Å². The quantitative estimate of drug-likeness (QED) is 0.675.